The molecule has 2 heterocycles. The van der Waals surface area contributed by atoms with Crippen LogP contribution in [0.3, 0.4) is 0 Å². The van der Waals surface area contributed by atoms with E-state index in [1.165, 1.54) is 22.4 Å². The van der Waals surface area contributed by atoms with Gasteiger partial charge >= 0.3 is 0 Å². The first-order valence-corrected chi connectivity index (χ1v) is 5.61. The fraction of sp³-hybridized carbons (Fsp3) is 0.778. The number of halogens is 1. The van der Waals surface area contributed by atoms with E-state index in [2.05, 4.69) is 26.2 Å². The van der Waals surface area contributed by atoms with Crippen LogP contribution in [-0.2, 0) is 11.8 Å². The van der Waals surface area contributed by atoms with Gasteiger partial charge in [-0.2, -0.15) is 0 Å². The summed E-state index contributed by atoms with van der Waals surface area (Å²) in [6, 6.07) is 1.71. The van der Waals surface area contributed by atoms with Gasteiger partial charge in [0.2, 0.25) is 0 Å². The van der Waals surface area contributed by atoms with Gasteiger partial charge in [0.25, 0.3) is 0 Å². The maximum atomic E-state index is 2.42. The van der Waals surface area contributed by atoms with E-state index in [1.54, 1.807) is 11.8 Å². The van der Waals surface area contributed by atoms with E-state index in [0.29, 0.717) is 0 Å². The molecule has 0 amide bonds. The number of rotatable bonds is 0. The van der Waals surface area contributed by atoms with E-state index in [0.717, 1.165) is 12.1 Å². The van der Waals surface area contributed by atoms with Crippen molar-refractivity contribution in [2.45, 2.75) is 18.5 Å². The highest BCUT2D eigenvalue weighted by atomic mass is 127. The number of quaternary nitrogens is 1. The number of fused-ring (bicyclic) bond motifs is 2. The lowest BCUT2D eigenvalue weighted by Gasteiger charge is -2.45. The maximum Gasteiger partial charge on any atom is 0.161 e. The van der Waals surface area contributed by atoms with Gasteiger partial charge < -0.3 is 28.5 Å². The third-order valence-corrected chi connectivity index (χ3v) is 4.53. The van der Waals surface area contributed by atoms with Crippen LogP contribution in [0.25, 0.3) is 0 Å². The Morgan fingerprint density at radius 1 is 1.33 bits per heavy atom. The van der Waals surface area contributed by atoms with E-state index < -0.39 is 0 Å². The molecular weight excluding hydrogens is 281 g/mol. The molecule has 2 bridgehead atoms. The molecule has 0 saturated carbocycles. The SMILES string of the molecule is C[N+]1(C)C2C=CCC1C[SH+]C2.[I-]. The lowest BCUT2D eigenvalue weighted by molar-refractivity contribution is -0.930. The molecule has 0 aromatic carbocycles. The maximum absolute atomic E-state index is 2.42. The third-order valence-electron chi connectivity index (χ3n) is 3.22. The number of likely N-dealkylation sites (N-methyl/N-ethyl adjacent to an activating group) is 1. The zero-order valence-electron chi connectivity index (χ0n) is 7.70. The Bertz CT molecular complexity index is 191. The summed E-state index contributed by atoms with van der Waals surface area (Å²) >= 11 is 1.67. The van der Waals surface area contributed by atoms with E-state index in [9.17, 15) is 0 Å². The molecule has 0 radical (unpaired) electrons. The molecule has 2 rings (SSSR count). The summed E-state index contributed by atoms with van der Waals surface area (Å²) in [4.78, 5) is 0. The summed E-state index contributed by atoms with van der Waals surface area (Å²) in [6.45, 7) is 0. The van der Waals surface area contributed by atoms with Gasteiger partial charge in [0.15, 0.2) is 17.5 Å². The molecule has 70 valence electrons. The second-order valence-electron chi connectivity index (χ2n) is 4.10. The van der Waals surface area contributed by atoms with Crippen molar-refractivity contribution in [3.8, 4) is 0 Å². The Kier molecular flexibility index (Phi) is 3.51. The van der Waals surface area contributed by atoms with Crippen LogP contribution in [0, 0.1) is 0 Å². The van der Waals surface area contributed by atoms with Gasteiger partial charge in [-0.05, 0) is 17.8 Å². The first-order valence-electron chi connectivity index (χ1n) is 4.34. The topological polar surface area (TPSA) is 0 Å². The minimum Gasteiger partial charge on any atom is -1.00 e. The molecule has 0 N–H and O–H groups in total. The third kappa shape index (κ3) is 1.68. The molecular formula is C9H17INS+. The summed E-state index contributed by atoms with van der Waals surface area (Å²) in [6.07, 6.45) is 6.10. The Morgan fingerprint density at radius 2 is 2.08 bits per heavy atom. The fourth-order valence-electron chi connectivity index (χ4n) is 2.07. The fourth-order valence-corrected chi connectivity index (χ4v) is 3.89. The van der Waals surface area contributed by atoms with Crippen LogP contribution in [0.5, 0.6) is 0 Å². The number of thiol groups is 1. The Hall–Kier alpha value is 0.780. The first-order chi connectivity index (χ1) is 5.21. The van der Waals surface area contributed by atoms with Crippen molar-refractivity contribution in [1.82, 2.24) is 0 Å². The average molecular weight is 298 g/mol. The van der Waals surface area contributed by atoms with Crippen molar-refractivity contribution in [2.24, 2.45) is 0 Å². The molecule has 1 nitrogen and oxygen atoms in total. The Morgan fingerprint density at radius 3 is 2.67 bits per heavy atom. The van der Waals surface area contributed by atoms with Crippen LogP contribution in [0.2, 0.25) is 0 Å². The van der Waals surface area contributed by atoms with E-state index in [-0.39, 0.29) is 24.0 Å². The largest absolute Gasteiger partial charge is 1.00 e. The first kappa shape index (κ1) is 10.9. The molecule has 1 fully saturated rings. The van der Waals surface area contributed by atoms with Crippen molar-refractivity contribution < 1.29 is 28.5 Å². The van der Waals surface area contributed by atoms with Crippen LogP contribution in [-0.4, -0.2) is 42.2 Å². The van der Waals surface area contributed by atoms with Gasteiger partial charge in [-0.15, -0.1) is 0 Å². The lowest BCUT2D eigenvalue weighted by Crippen LogP contribution is -3.00. The van der Waals surface area contributed by atoms with Gasteiger partial charge in [0.1, 0.15) is 6.04 Å². The highest BCUT2D eigenvalue weighted by Gasteiger charge is 2.44. The van der Waals surface area contributed by atoms with Crippen molar-refractivity contribution in [3.05, 3.63) is 12.2 Å². The highest BCUT2D eigenvalue weighted by Crippen LogP contribution is 2.27. The van der Waals surface area contributed by atoms with E-state index in [1.807, 2.05) is 0 Å². The number of hydrogen-bond donors (Lipinski definition) is 0. The van der Waals surface area contributed by atoms with Crippen LogP contribution in [0.1, 0.15) is 6.42 Å². The van der Waals surface area contributed by atoms with Crippen molar-refractivity contribution in [3.63, 3.8) is 0 Å². The molecule has 2 aliphatic heterocycles. The summed E-state index contributed by atoms with van der Waals surface area (Å²) in [5.41, 5.74) is 0. The van der Waals surface area contributed by atoms with Crippen molar-refractivity contribution >= 4 is 11.8 Å². The molecule has 2 atom stereocenters. The van der Waals surface area contributed by atoms with E-state index in [4.69, 9.17) is 0 Å². The smallest absolute Gasteiger partial charge is 0.161 e. The standard InChI is InChI=1S/C9H16NS.HI/c1-10(2)8-4-3-5-9(10)7-11-6-8;/h3-4,8-9H,5-7H2,1-2H3;1H/q+1;. The molecule has 3 heteroatoms. The average Bonchev–Trinajstić information content (AvgIpc) is 1.82. The lowest BCUT2D eigenvalue weighted by atomic mass is 10.0. The molecule has 1 saturated heterocycles. The van der Waals surface area contributed by atoms with Crippen molar-refractivity contribution in [1.29, 1.82) is 0 Å². The van der Waals surface area contributed by atoms with Crippen LogP contribution in [0.4, 0.5) is 0 Å². The summed E-state index contributed by atoms with van der Waals surface area (Å²) in [7, 11) is 4.76. The molecule has 0 aromatic heterocycles. The summed E-state index contributed by atoms with van der Waals surface area (Å²) < 4.78 is 1.24. The minimum atomic E-state index is 0. The predicted octanol–water partition coefficient (Wildman–Crippen LogP) is -2.41. The Labute approximate surface area is 96.2 Å². The molecule has 2 aliphatic rings. The van der Waals surface area contributed by atoms with Gasteiger partial charge in [-0.25, -0.2) is 0 Å². The van der Waals surface area contributed by atoms with Gasteiger partial charge in [-0.1, -0.05) is 6.08 Å². The molecule has 12 heavy (non-hydrogen) atoms. The van der Waals surface area contributed by atoms with Crippen LogP contribution < -0.4 is 24.0 Å². The summed E-state index contributed by atoms with van der Waals surface area (Å²) in [5.74, 6) is 2.79. The minimum absolute atomic E-state index is 0. The zero-order chi connectivity index (χ0) is 7.90. The Balaban J connectivity index is 0.000000720. The highest BCUT2D eigenvalue weighted by molar-refractivity contribution is 7.78. The molecule has 0 aromatic rings. The number of hydrogen-bond acceptors (Lipinski definition) is 0. The zero-order valence-corrected chi connectivity index (χ0v) is 10.8. The van der Waals surface area contributed by atoms with Gasteiger partial charge in [-0.3, -0.25) is 0 Å². The van der Waals surface area contributed by atoms with Crippen LogP contribution >= 0.6 is 0 Å². The van der Waals surface area contributed by atoms with Gasteiger partial charge in [0, 0.05) is 6.42 Å². The van der Waals surface area contributed by atoms with Crippen molar-refractivity contribution in [2.75, 3.05) is 25.6 Å². The molecule has 0 spiro atoms. The second-order valence-corrected chi connectivity index (χ2v) is 5.28. The molecule has 0 aliphatic carbocycles. The van der Waals surface area contributed by atoms with E-state index >= 15 is 0 Å². The number of nitrogens with zero attached hydrogens (tertiary/aromatic N) is 1. The summed E-state index contributed by atoms with van der Waals surface area (Å²) in [5, 5.41) is 0. The quantitative estimate of drug-likeness (QED) is 0.154. The molecule has 2 unspecified atom stereocenters. The monoisotopic (exact) mass is 298 g/mol. The predicted molar refractivity (Wildman–Crippen MR) is 51.9 cm³/mol. The van der Waals surface area contributed by atoms with Crippen LogP contribution in [0.15, 0.2) is 12.2 Å². The second kappa shape index (κ2) is 3.88. The normalized spacial score (nSPS) is 37.2. The van der Waals surface area contributed by atoms with Gasteiger partial charge in [0.05, 0.1) is 14.1 Å².